The molecule has 0 unspecified atom stereocenters. The minimum atomic E-state index is -3.98. The molecule has 0 atom stereocenters. The zero-order valence-electron chi connectivity index (χ0n) is 19.7. The summed E-state index contributed by atoms with van der Waals surface area (Å²) >= 11 is 0. The van der Waals surface area contributed by atoms with E-state index in [0.29, 0.717) is 24.5 Å². The van der Waals surface area contributed by atoms with Crippen LogP contribution in [0.3, 0.4) is 0 Å². The van der Waals surface area contributed by atoms with Gasteiger partial charge in [-0.1, -0.05) is 60.2 Å². The molecule has 0 radical (unpaired) electrons. The Balaban J connectivity index is 1.80. The summed E-state index contributed by atoms with van der Waals surface area (Å²) in [7, 11) is -1.05. The summed E-state index contributed by atoms with van der Waals surface area (Å²) in [5.41, 5.74) is 3.05. The number of benzene rings is 3. The highest BCUT2D eigenvalue weighted by Crippen LogP contribution is 2.30. The first-order valence-corrected chi connectivity index (χ1v) is 12.4. The first-order chi connectivity index (χ1) is 16.3. The summed E-state index contributed by atoms with van der Waals surface area (Å²) in [6.45, 7) is 2.17. The summed E-state index contributed by atoms with van der Waals surface area (Å²) < 4.78 is 38.7. The van der Waals surface area contributed by atoms with Crippen molar-refractivity contribution in [2.24, 2.45) is 0 Å². The topological polar surface area (TPSA) is 84.9 Å². The van der Waals surface area contributed by atoms with Gasteiger partial charge >= 0.3 is 0 Å². The Morgan fingerprint density at radius 3 is 2.21 bits per heavy atom. The van der Waals surface area contributed by atoms with E-state index in [2.05, 4.69) is 5.32 Å². The number of ether oxygens (including phenoxy) is 2. The molecule has 0 heterocycles. The van der Waals surface area contributed by atoms with E-state index in [0.717, 1.165) is 16.7 Å². The van der Waals surface area contributed by atoms with Gasteiger partial charge in [-0.3, -0.25) is 4.79 Å². The molecule has 3 rings (SSSR count). The highest BCUT2D eigenvalue weighted by Gasteiger charge is 2.27. The van der Waals surface area contributed by atoms with Crippen LogP contribution in [-0.2, 0) is 27.8 Å². The third kappa shape index (κ3) is 6.59. The number of hydrogen-bond donors (Lipinski definition) is 1. The van der Waals surface area contributed by atoms with Crippen molar-refractivity contribution in [1.82, 2.24) is 9.62 Å². The number of nitrogens with zero attached hydrogens (tertiary/aromatic N) is 1. The molecular weight excluding hydrogens is 452 g/mol. The van der Waals surface area contributed by atoms with E-state index < -0.39 is 10.0 Å². The van der Waals surface area contributed by atoms with Gasteiger partial charge in [-0.05, 0) is 36.6 Å². The van der Waals surface area contributed by atoms with Crippen LogP contribution in [0.15, 0.2) is 77.7 Å². The number of carbonyl (C=O) groups is 1. The van der Waals surface area contributed by atoms with Crippen LogP contribution in [0, 0.1) is 6.92 Å². The van der Waals surface area contributed by atoms with Crippen LogP contribution in [0.2, 0.25) is 0 Å². The molecule has 34 heavy (non-hydrogen) atoms. The fraction of sp³-hybridized carbons (Fsp3) is 0.269. The molecule has 180 valence electrons. The smallest absolute Gasteiger partial charge is 0.243 e. The van der Waals surface area contributed by atoms with Crippen LogP contribution in [0.4, 0.5) is 0 Å². The standard InChI is InChI=1S/C26H30N2O5S/c1-20-9-11-22(12-10-20)18-27-26(29)19-28(16-15-21-7-5-4-6-8-21)34(30,31)23-13-14-24(32-2)25(17-23)33-3/h4-14,17H,15-16,18-19H2,1-3H3,(H,27,29). The van der Waals surface area contributed by atoms with Gasteiger partial charge in [0.15, 0.2) is 11.5 Å². The lowest BCUT2D eigenvalue weighted by molar-refractivity contribution is -0.121. The summed E-state index contributed by atoms with van der Waals surface area (Å²) in [5, 5.41) is 2.82. The summed E-state index contributed by atoms with van der Waals surface area (Å²) in [4.78, 5) is 12.8. The Morgan fingerprint density at radius 1 is 0.882 bits per heavy atom. The Hall–Kier alpha value is -3.36. The van der Waals surface area contributed by atoms with E-state index in [9.17, 15) is 13.2 Å². The van der Waals surface area contributed by atoms with E-state index in [-0.39, 0.29) is 23.9 Å². The first-order valence-electron chi connectivity index (χ1n) is 10.9. The molecule has 8 heteroatoms. The number of sulfonamides is 1. The van der Waals surface area contributed by atoms with Crippen molar-refractivity contribution in [3.05, 3.63) is 89.5 Å². The van der Waals surface area contributed by atoms with E-state index >= 15 is 0 Å². The number of rotatable bonds is 11. The summed E-state index contributed by atoms with van der Waals surface area (Å²) in [6, 6.07) is 21.8. The van der Waals surface area contributed by atoms with E-state index in [1.165, 1.54) is 30.7 Å². The molecule has 0 aliphatic rings. The molecule has 1 N–H and O–H groups in total. The van der Waals surface area contributed by atoms with Gasteiger partial charge in [-0.25, -0.2) is 8.42 Å². The van der Waals surface area contributed by atoms with Crippen LogP contribution in [0.1, 0.15) is 16.7 Å². The second-order valence-corrected chi connectivity index (χ2v) is 9.79. The normalized spacial score (nSPS) is 11.3. The molecule has 0 aromatic heterocycles. The third-order valence-corrected chi connectivity index (χ3v) is 7.26. The molecule has 0 saturated heterocycles. The van der Waals surface area contributed by atoms with Gasteiger partial charge in [-0.2, -0.15) is 4.31 Å². The van der Waals surface area contributed by atoms with Crippen molar-refractivity contribution in [2.45, 2.75) is 24.8 Å². The summed E-state index contributed by atoms with van der Waals surface area (Å²) in [6.07, 6.45) is 0.471. The zero-order valence-corrected chi connectivity index (χ0v) is 20.5. The van der Waals surface area contributed by atoms with Crippen LogP contribution in [0.5, 0.6) is 11.5 Å². The molecule has 0 bridgehead atoms. The van der Waals surface area contributed by atoms with Crippen molar-refractivity contribution in [3.63, 3.8) is 0 Å². The number of carbonyl (C=O) groups excluding carboxylic acids is 1. The average Bonchev–Trinajstić information content (AvgIpc) is 2.86. The molecule has 3 aromatic rings. The molecule has 0 fully saturated rings. The third-order valence-electron chi connectivity index (χ3n) is 5.42. The molecule has 0 saturated carbocycles. The van der Waals surface area contributed by atoms with Crippen molar-refractivity contribution in [2.75, 3.05) is 27.3 Å². The molecule has 0 aliphatic heterocycles. The van der Waals surface area contributed by atoms with Gasteiger partial charge in [0, 0.05) is 19.2 Å². The van der Waals surface area contributed by atoms with Crippen molar-refractivity contribution in [1.29, 1.82) is 0 Å². The molecule has 3 aromatic carbocycles. The Morgan fingerprint density at radius 2 is 1.56 bits per heavy atom. The minimum absolute atomic E-state index is 0.0320. The van der Waals surface area contributed by atoms with E-state index in [1.807, 2.05) is 61.5 Å². The van der Waals surface area contributed by atoms with Crippen molar-refractivity contribution in [3.8, 4) is 11.5 Å². The van der Waals surface area contributed by atoms with Gasteiger partial charge in [0.25, 0.3) is 0 Å². The van der Waals surface area contributed by atoms with Gasteiger partial charge < -0.3 is 14.8 Å². The first kappa shape index (κ1) is 25.3. The molecular formula is C26H30N2O5S. The zero-order chi connectivity index (χ0) is 24.6. The fourth-order valence-corrected chi connectivity index (χ4v) is 4.84. The van der Waals surface area contributed by atoms with Crippen LogP contribution >= 0.6 is 0 Å². The highest BCUT2D eigenvalue weighted by molar-refractivity contribution is 7.89. The SMILES string of the molecule is COc1ccc(S(=O)(=O)N(CCc2ccccc2)CC(=O)NCc2ccc(C)cc2)cc1OC. The predicted molar refractivity (Wildman–Crippen MR) is 131 cm³/mol. The van der Waals surface area contributed by atoms with Gasteiger partial charge in [0.1, 0.15) is 0 Å². The molecule has 0 spiro atoms. The number of aryl methyl sites for hydroxylation is 1. The van der Waals surface area contributed by atoms with E-state index in [1.54, 1.807) is 6.07 Å². The van der Waals surface area contributed by atoms with Crippen LogP contribution in [-0.4, -0.2) is 45.9 Å². The second-order valence-electron chi connectivity index (χ2n) is 7.85. The quantitative estimate of drug-likeness (QED) is 0.452. The Kier molecular flexibility index (Phi) is 8.67. The van der Waals surface area contributed by atoms with E-state index in [4.69, 9.17) is 9.47 Å². The van der Waals surface area contributed by atoms with Gasteiger partial charge in [-0.15, -0.1) is 0 Å². The lowest BCUT2D eigenvalue weighted by Gasteiger charge is -2.22. The fourth-order valence-electron chi connectivity index (χ4n) is 3.43. The minimum Gasteiger partial charge on any atom is -0.493 e. The summed E-state index contributed by atoms with van der Waals surface area (Å²) in [5.74, 6) is 0.348. The predicted octanol–water partition coefficient (Wildman–Crippen LogP) is 3.56. The maximum atomic E-state index is 13.5. The second kappa shape index (κ2) is 11.7. The number of nitrogens with one attached hydrogen (secondary N) is 1. The lowest BCUT2D eigenvalue weighted by atomic mass is 10.1. The van der Waals surface area contributed by atoms with Crippen LogP contribution in [0.25, 0.3) is 0 Å². The van der Waals surface area contributed by atoms with Gasteiger partial charge in [0.2, 0.25) is 15.9 Å². The lowest BCUT2D eigenvalue weighted by Crippen LogP contribution is -2.41. The maximum Gasteiger partial charge on any atom is 0.243 e. The number of amides is 1. The molecule has 7 nitrogen and oxygen atoms in total. The number of hydrogen-bond acceptors (Lipinski definition) is 5. The largest absolute Gasteiger partial charge is 0.493 e. The highest BCUT2D eigenvalue weighted by atomic mass is 32.2. The van der Waals surface area contributed by atoms with Crippen molar-refractivity contribution < 1.29 is 22.7 Å². The van der Waals surface area contributed by atoms with Crippen molar-refractivity contribution >= 4 is 15.9 Å². The average molecular weight is 483 g/mol. The monoisotopic (exact) mass is 482 g/mol. The van der Waals surface area contributed by atoms with Crippen LogP contribution < -0.4 is 14.8 Å². The maximum absolute atomic E-state index is 13.5. The molecule has 1 amide bonds. The molecule has 0 aliphatic carbocycles. The Bertz CT molecular complexity index is 1200. The Labute approximate surface area is 201 Å². The number of methoxy groups -OCH3 is 2. The van der Waals surface area contributed by atoms with Gasteiger partial charge in [0.05, 0.1) is 25.7 Å².